The van der Waals surface area contributed by atoms with Crippen molar-refractivity contribution in [1.82, 2.24) is 0 Å². The van der Waals surface area contributed by atoms with Gasteiger partial charge in [-0.3, -0.25) is 4.79 Å². The van der Waals surface area contributed by atoms with Crippen molar-refractivity contribution >= 4 is 27.5 Å². The number of halogens is 1. The highest BCUT2D eigenvalue weighted by Crippen LogP contribution is 2.21. The number of alkyl halides is 1. The molecule has 16 heavy (non-hydrogen) atoms. The van der Waals surface area contributed by atoms with Gasteiger partial charge in [-0.25, -0.2) is 0 Å². The van der Waals surface area contributed by atoms with Gasteiger partial charge in [-0.2, -0.15) is 0 Å². The van der Waals surface area contributed by atoms with Crippen molar-refractivity contribution in [3.8, 4) is 0 Å². The standard InChI is InChI=1S/C13H18BrNO/c1-4-6-11(14)13(16)15-12-9(2)7-5-8-10(12)3/h5,7-8,11H,4,6H2,1-3H3,(H,15,16)/t11-/m0/s1. The first-order valence-electron chi connectivity index (χ1n) is 5.57. The van der Waals surface area contributed by atoms with E-state index >= 15 is 0 Å². The summed E-state index contributed by atoms with van der Waals surface area (Å²) < 4.78 is 0. The van der Waals surface area contributed by atoms with Crippen LogP contribution < -0.4 is 5.32 Å². The van der Waals surface area contributed by atoms with Crippen LogP contribution in [0.5, 0.6) is 0 Å². The summed E-state index contributed by atoms with van der Waals surface area (Å²) in [5.41, 5.74) is 3.14. The van der Waals surface area contributed by atoms with Crippen molar-refractivity contribution < 1.29 is 4.79 Å². The Labute approximate surface area is 106 Å². The maximum Gasteiger partial charge on any atom is 0.238 e. The topological polar surface area (TPSA) is 29.1 Å². The number of aryl methyl sites for hydroxylation is 2. The molecule has 1 atom stereocenters. The molecular formula is C13H18BrNO. The highest BCUT2D eigenvalue weighted by molar-refractivity contribution is 9.10. The summed E-state index contributed by atoms with van der Waals surface area (Å²) in [4.78, 5) is 11.7. The summed E-state index contributed by atoms with van der Waals surface area (Å²) in [5, 5.41) is 2.98. The maximum atomic E-state index is 11.8. The van der Waals surface area contributed by atoms with Crippen LogP contribution in [0.2, 0.25) is 0 Å². The second-order valence-electron chi connectivity index (χ2n) is 4.01. The molecule has 1 aromatic carbocycles. The predicted octanol–water partition coefficient (Wildman–Crippen LogP) is 3.81. The van der Waals surface area contributed by atoms with Crippen LogP contribution in [0, 0.1) is 13.8 Å². The van der Waals surface area contributed by atoms with Crippen LogP contribution in [0.15, 0.2) is 18.2 Å². The van der Waals surface area contributed by atoms with Gasteiger partial charge in [-0.15, -0.1) is 0 Å². The lowest BCUT2D eigenvalue weighted by Crippen LogP contribution is -2.23. The van der Waals surface area contributed by atoms with Gasteiger partial charge in [0.25, 0.3) is 0 Å². The van der Waals surface area contributed by atoms with Gasteiger partial charge in [0, 0.05) is 5.69 Å². The van der Waals surface area contributed by atoms with E-state index in [9.17, 15) is 4.79 Å². The molecule has 0 aliphatic rings. The Morgan fingerprint density at radius 2 is 1.94 bits per heavy atom. The quantitative estimate of drug-likeness (QED) is 0.837. The molecule has 0 aliphatic heterocycles. The molecule has 1 N–H and O–H groups in total. The second kappa shape index (κ2) is 6.04. The SMILES string of the molecule is CCC[C@H](Br)C(=O)Nc1c(C)cccc1C. The zero-order valence-electron chi connectivity index (χ0n) is 10.0. The van der Waals surface area contributed by atoms with E-state index in [1.165, 1.54) is 0 Å². The molecule has 0 aromatic heterocycles. The van der Waals surface area contributed by atoms with Crippen molar-refractivity contribution in [2.75, 3.05) is 5.32 Å². The van der Waals surface area contributed by atoms with E-state index in [2.05, 4.69) is 28.2 Å². The fourth-order valence-electron chi connectivity index (χ4n) is 1.60. The molecule has 1 rings (SSSR count). The van der Waals surface area contributed by atoms with Gasteiger partial charge in [-0.05, 0) is 31.4 Å². The first-order valence-corrected chi connectivity index (χ1v) is 6.49. The molecule has 0 fully saturated rings. The molecule has 0 unspecified atom stereocenters. The molecule has 0 heterocycles. The zero-order chi connectivity index (χ0) is 12.1. The van der Waals surface area contributed by atoms with Crippen molar-refractivity contribution in [1.29, 1.82) is 0 Å². The van der Waals surface area contributed by atoms with Gasteiger partial charge in [0.1, 0.15) is 0 Å². The average Bonchev–Trinajstić information content (AvgIpc) is 2.23. The van der Waals surface area contributed by atoms with E-state index < -0.39 is 0 Å². The number of carbonyl (C=O) groups is 1. The van der Waals surface area contributed by atoms with Crippen LogP contribution in [0.25, 0.3) is 0 Å². The summed E-state index contributed by atoms with van der Waals surface area (Å²) in [6.07, 6.45) is 1.85. The first-order chi connectivity index (χ1) is 7.56. The Kier molecular flexibility index (Phi) is 5.00. The Morgan fingerprint density at radius 1 is 1.38 bits per heavy atom. The lowest BCUT2D eigenvalue weighted by Gasteiger charge is -2.14. The highest BCUT2D eigenvalue weighted by atomic mass is 79.9. The summed E-state index contributed by atoms with van der Waals surface area (Å²) in [5.74, 6) is 0.0410. The number of anilines is 1. The number of carbonyl (C=O) groups excluding carboxylic acids is 1. The third kappa shape index (κ3) is 3.34. The fraction of sp³-hybridized carbons (Fsp3) is 0.462. The Hall–Kier alpha value is -0.830. The van der Waals surface area contributed by atoms with Crippen molar-refractivity contribution in [3.05, 3.63) is 29.3 Å². The van der Waals surface area contributed by atoms with Gasteiger partial charge in [0.2, 0.25) is 5.91 Å². The molecular weight excluding hydrogens is 266 g/mol. The van der Waals surface area contributed by atoms with Gasteiger partial charge >= 0.3 is 0 Å². The molecule has 3 heteroatoms. The number of rotatable bonds is 4. The van der Waals surface area contributed by atoms with Crippen LogP contribution in [0.3, 0.4) is 0 Å². The second-order valence-corrected chi connectivity index (χ2v) is 5.12. The number of hydrogen-bond donors (Lipinski definition) is 1. The number of amides is 1. The van der Waals surface area contributed by atoms with Gasteiger partial charge in [-0.1, -0.05) is 47.5 Å². The van der Waals surface area contributed by atoms with Crippen molar-refractivity contribution in [2.45, 2.75) is 38.4 Å². The monoisotopic (exact) mass is 283 g/mol. The smallest absolute Gasteiger partial charge is 0.238 e. The highest BCUT2D eigenvalue weighted by Gasteiger charge is 2.15. The molecule has 1 aromatic rings. The summed E-state index contributed by atoms with van der Waals surface area (Å²) in [6, 6.07) is 6.01. The van der Waals surface area contributed by atoms with E-state index in [-0.39, 0.29) is 10.7 Å². The third-order valence-electron chi connectivity index (χ3n) is 2.56. The van der Waals surface area contributed by atoms with Gasteiger partial charge in [0.15, 0.2) is 0 Å². The van der Waals surface area contributed by atoms with Crippen LogP contribution in [0.4, 0.5) is 5.69 Å². The minimum atomic E-state index is -0.100. The average molecular weight is 284 g/mol. The number of para-hydroxylation sites is 1. The Bertz CT molecular complexity index is 356. The zero-order valence-corrected chi connectivity index (χ0v) is 11.6. The number of nitrogens with one attached hydrogen (secondary N) is 1. The molecule has 0 saturated heterocycles. The number of hydrogen-bond acceptors (Lipinski definition) is 1. The van der Waals surface area contributed by atoms with E-state index in [1.54, 1.807) is 0 Å². The molecule has 0 spiro atoms. The van der Waals surface area contributed by atoms with Gasteiger partial charge in [0.05, 0.1) is 4.83 Å². The summed E-state index contributed by atoms with van der Waals surface area (Å²) in [7, 11) is 0. The van der Waals surface area contributed by atoms with Gasteiger partial charge < -0.3 is 5.32 Å². The van der Waals surface area contributed by atoms with E-state index in [4.69, 9.17) is 0 Å². The third-order valence-corrected chi connectivity index (χ3v) is 3.43. The number of benzene rings is 1. The Balaban J connectivity index is 2.77. The minimum absolute atomic E-state index is 0.0410. The van der Waals surface area contributed by atoms with Crippen molar-refractivity contribution in [3.63, 3.8) is 0 Å². The Morgan fingerprint density at radius 3 is 2.44 bits per heavy atom. The van der Waals surface area contributed by atoms with Crippen LogP contribution in [-0.2, 0) is 4.79 Å². The van der Waals surface area contributed by atoms with E-state index in [1.807, 2.05) is 32.0 Å². The van der Waals surface area contributed by atoms with Crippen LogP contribution in [0.1, 0.15) is 30.9 Å². The molecule has 0 radical (unpaired) electrons. The lowest BCUT2D eigenvalue weighted by molar-refractivity contribution is -0.115. The van der Waals surface area contributed by atoms with Crippen molar-refractivity contribution in [2.24, 2.45) is 0 Å². The molecule has 88 valence electrons. The van der Waals surface area contributed by atoms with Crippen LogP contribution in [-0.4, -0.2) is 10.7 Å². The molecule has 0 saturated carbocycles. The molecule has 1 amide bonds. The lowest BCUT2D eigenvalue weighted by atomic mass is 10.1. The minimum Gasteiger partial charge on any atom is -0.325 e. The summed E-state index contributed by atoms with van der Waals surface area (Å²) >= 11 is 3.40. The van der Waals surface area contributed by atoms with E-state index in [0.29, 0.717) is 0 Å². The predicted molar refractivity (Wildman–Crippen MR) is 72.2 cm³/mol. The first kappa shape index (κ1) is 13.2. The molecule has 0 bridgehead atoms. The fourth-order valence-corrected chi connectivity index (χ4v) is 2.17. The molecule has 0 aliphatic carbocycles. The van der Waals surface area contributed by atoms with E-state index in [0.717, 1.165) is 29.7 Å². The molecule has 2 nitrogen and oxygen atoms in total. The normalized spacial score (nSPS) is 12.2. The summed E-state index contributed by atoms with van der Waals surface area (Å²) in [6.45, 7) is 6.08. The maximum absolute atomic E-state index is 11.8. The largest absolute Gasteiger partial charge is 0.325 e. The van der Waals surface area contributed by atoms with Crippen LogP contribution >= 0.6 is 15.9 Å².